The number of nitrogens with one attached hydrogen (secondary N) is 2. The number of anilines is 1. The van der Waals surface area contributed by atoms with Crippen LogP contribution in [-0.2, 0) is 17.6 Å². The second-order valence-corrected chi connectivity index (χ2v) is 9.81. The van der Waals surface area contributed by atoms with Crippen molar-refractivity contribution in [2.24, 2.45) is 5.73 Å². The zero-order valence-electron chi connectivity index (χ0n) is 20.7. The molecule has 5 heteroatoms. The van der Waals surface area contributed by atoms with Gasteiger partial charge in [-0.15, -0.1) is 0 Å². The SMILES string of the molecule is Cc1cc(C)c(CC(N)C(=O)NC2CCNc3ccc(Cc4cc5ccccc5o4)cc32)c(C)c1. The summed E-state index contributed by atoms with van der Waals surface area (Å²) < 4.78 is 6.02. The van der Waals surface area contributed by atoms with Gasteiger partial charge in [-0.3, -0.25) is 4.79 Å². The fourth-order valence-electron chi connectivity index (χ4n) is 5.28. The number of hydrogen-bond donors (Lipinski definition) is 3. The summed E-state index contributed by atoms with van der Waals surface area (Å²) in [4.78, 5) is 13.1. The van der Waals surface area contributed by atoms with E-state index >= 15 is 0 Å². The quantitative estimate of drug-likeness (QED) is 0.350. The summed E-state index contributed by atoms with van der Waals surface area (Å²) in [6.45, 7) is 7.08. The third-order valence-electron chi connectivity index (χ3n) is 7.01. The lowest BCUT2D eigenvalue weighted by Gasteiger charge is -2.29. The molecule has 1 aromatic heterocycles. The smallest absolute Gasteiger partial charge is 0.237 e. The van der Waals surface area contributed by atoms with Crippen LogP contribution in [0.25, 0.3) is 11.0 Å². The first kappa shape index (κ1) is 23.2. The maximum Gasteiger partial charge on any atom is 0.237 e. The van der Waals surface area contributed by atoms with Crippen LogP contribution in [0.3, 0.4) is 0 Å². The fraction of sp³-hybridized carbons (Fsp3) is 0.300. The average molecular weight is 468 g/mol. The summed E-state index contributed by atoms with van der Waals surface area (Å²) in [5.41, 5.74) is 15.4. The summed E-state index contributed by atoms with van der Waals surface area (Å²) in [6, 6.07) is 20.2. The molecule has 0 fully saturated rings. The monoisotopic (exact) mass is 467 g/mol. The second-order valence-electron chi connectivity index (χ2n) is 9.81. The Balaban J connectivity index is 1.31. The molecule has 0 spiro atoms. The van der Waals surface area contributed by atoms with Gasteiger partial charge in [0.15, 0.2) is 0 Å². The Hall–Kier alpha value is -3.57. The van der Waals surface area contributed by atoms with Gasteiger partial charge >= 0.3 is 0 Å². The van der Waals surface area contributed by atoms with Crippen molar-refractivity contribution in [3.05, 3.63) is 99.8 Å². The number of carbonyl (C=O) groups excluding carboxylic acids is 1. The van der Waals surface area contributed by atoms with Crippen molar-refractivity contribution in [1.29, 1.82) is 0 Å². The molecule has 5 nitrogen and oxygen atoms in total. The molecule has 180 valence electrons. The van der Waals surface area contributed by atoms with Crippen LogP contribution in [0.4, 0.5) is 5.69 Å². The van der Waals surface area contributed by atoms with Crippen LogP contribution in [0, 0.1) is 20.8 Å². The molecule has 3 aromatic carbocycles. The highest BCUT2D eigenvalue weighted by Gasteiger charge is 2.25. The normalized spacial score (nSPS) is 15.9. The standard InChI is InChI=1S/C30H33N3O2/c1-18-12-19(2)24(20(3)13-18)17-26(31)30(34)33-28-10-11-32-27-9-8-21(15-25(27)28)14-23-16-22-6-4-5-7-29(22)35-23/h4-9,12-13,15-16,26,28,32H,10-11,14,17,31H2,1-3H3,(H,33,34). The van der Waals surface area contributed by atoms with Crippen LogP contribution in [0.1, 0.15) is 51.6 Å². The molecular formula is C30H33N3O2. The maximum absolute atomic E-state index is 13.1. The van der Waals surface area contributed by atoms with Gasteiger partial charge in [0.05, 0.1) is 12.1 Å². The first-order valence-corrected chi connectivity index (χ1v) is 12.3. The average Bonchev–Trinajstić information content (AvgIpc) is 3.24. The number of rotatable bonds is 6. The Morgan fingerprint density at radius 3 is 2.63 bits per heavy atom. The highest BCUT2D eigenvalue weighted by atomic mass is 16.3. The van der Waals surface area contributed by atoms with E-state index in [2.05, 4.69) is 73.9 Å². The summed E-state index contributed by atoms with van der Waals surface area (Å²) in [7, 11) is 0. The van der Waals surface area contributed by atoms with Gasteiger partial charge < -0.3 is 20.8 Å². The van der Waals surface area contributed by atoms with Crippen molar-refractivity contribution in [1.82, 2.24) is 5.32 Å². The Morgan fingerprint density at radius 2 is 1.86 bits per heavy atom. The lowest BCUT2D eigenvalue weighted by molar-refractivity contribution is -0.123. The van der Waals surface area contributed by atoms with Gasteiger partial charge in [0.1, 0.15) is 11.3 Å². The molecule has 1 aliphatic heterocycles. The van der Waals surface area contributed by atoms with Crippen LogP contribution >= 0.6 is 0 Å². The number of carbonyl (C=O) groups is 1. The van der Waals surface area contributed by atoms with Crippen molar-refractivity contribution >= 4 is 22.6 Å². The van der Waals surface area contributed by atoms with Crippen LogP contribution in [0.5, 0.6) is 0 Å². The zero-order valence-corrected chi connectivity index (χ0v) is 20.7. The number of fused-ring (bicyclic) bond motifs is 2. The molecule has 35 heavy (non-hydrogen) atoms. The summed E-state index contributed by atoms with van der Waals surface area (Å²) >= 11 is 0. The van der Waals surface area contributed by atoms with Crippen molar-refractivity contribution in [2.75, 3.05) is 11.9 Å². The summed E-state index contributed by atoms with van der Waals surface area (Å²) in [6.07, 6.45) is 2.06. The Morgan fingerprint density at radius 1 is 1.09 bits per heavy atom. The number of aryl methyl sites for hydroxylation is 3. The van der Waals surface area contributed by atoms with Gasteiger partial charge in [-0.25, -0.2) is 0 Å². The molecule has 2 heterocycles. The van der Waals surface area contributed by atoms with Crippen LogP contribution < -0.4 is 16.4 Å². The molecule has 0 bridgehead atoms. The minimum Gasteiger partial charge on any atom is -0.461 e. The van der Waals surface area contributed by atoms with Gasteiger partial charge in [-0.2, -0.15) is 0 Å². The van der Waals surface area contributed by atoms with Crippen molar-refractivity contribution < 1.29 is 9.21 Å². The molecule has 2 unspecified atom stereocenters. The van der Waals surface area contributed by atoms with E-state index in [0.29, 0.717) is 12.8 Å². The lowest BCUT2D eigenvalue weighted by atomic mass is 9.92. The minimum atomic E-state index is -0.591. The van der Waals surface area contributed by atoms with E-state index in [1.807, 2.05) is 18.2 Å². The number of para-hydroxylation sites is 1. The molecular weight excluding hydrogens is 434 g/mol. The third-order valence-corrected chi connectivity index (χ3v) is 7.01. The summed E-state index contributed by atoms with van der Waals surface area (Å²) in [5.74, 6) is 0.825. The van der Waals surface area contributed by atoms with Crippen LogP contribution in [0.2, 0.25) is 0 Å². The van der Waals surface area contributed by atoms with Gasteiger partial charge in [-0.1, -0.05) is 48.0 Å². The highest BCUT2D eigenvalue weighted by Crippen LogP contribution is 2.32. The largest absolute Gasteiger partial charge is 0.461 e. The lowest BCUT2D eigenvalue weighted by Crippen LogP contribution is -2.44. The van der Waals surface area contributed by atoms with E-state index in [1.54, 1.807) is 0 Å². The van der Waals surface area contributed by atoms with Crippen molar-refractivity contribution in [3.8, 4) is 0 Å². The third kappa shape index (κ3) is 4.96. The first-order valence-electron chi connectivity index (χ1n) is 12.3. The minimum absolute atomic E-state index is 0.0689. The summed E-state index contributed by atoms with van der Waals surface area (Å²) in [5, 5.41) is 7.80. The molecule has 1 aliphatic rings. The molecule has 2 atom stereocenters. The number of benzene rings is 3. The van der Waals surface area contributed by atoms with Gasteiger partial charge in [0, 0.05) is 24.0 Å². The predicted octanol–water partition coefficient (Wildman–Crippen LogP) is 5.49. The van der Waals surface area contributed by atoms with Gasteiger partial charge in [0.2, 0.25) is 5.91 Å². The second kappa shape index (κ2) is 9.59. The molecule has 0 saturated heterocycles. The molecule has 0 aliphatic carbocycles. The Kier molecular flexibility index (Phi) is 6.35. The van der Waals surface area contributed by atoms with E-state index in [9.17, 15) is 4.79 Å². The fourth-order valence-corrected chi connectivity index (χ4v) is 5.28. The van der Waals surface area contributed by atoms with Crippen LogP contribution in [0.15, 0.2) is 65.1 Å². The molecule has 4 N–H and O–H groups in total. The van der Waals surface area contributed by atoms with E-state index in [-0.39, 0.29) is 11.9 Å². The number of hydrogen-bond acceptors (Lipinski definition) is 4. The molecule has 1 amide bonds. The molecule has 5 rings (SSSR count). The van der Waals surface area contributed by atoms with E-state index < -0.39 is 6.04 Å². The van der Waals surface area contributed by atoms with Crippen LogP contribution in [-0.4, -0.2) is 18.5 Å². The number of amides is 1. The van der Waals surface area contributed by atoms with Crippen molar-refractivity contribution in [3.63, 3.8) is 0 Å². The zero-order chi connectivity index (χ0) is 24.5. The van der Waals surface area contributed by atoms with Gasteiger partial charge in [-0.05, 0) is 79.6 Å². The molecule has 4 aromatic rings. The number of furan rings is 1. The van der Waals surface area contributed by atoms with Gasteiger partial charge in [0.25, 0.3) is 0 Å². The first-order chi connectivity index (χ1) is 16.9. The predicted molar refractivity (Wildman–Crippen MR) is 142 cm³/mol. The molecule has 0 saturated carbocycles. The number of nitrogens with two attached hydrogens (primary N) is 1. The Bertz CT molecular complexity index is 1330. The molecule has 0 radical (unpaired) electrons. The highest BCUT2D eigenvalue weighted by molar-refractivity contribution is 5.83. The van der Waals surface area contributed by atoms with Crippen molar-refractivity contribution in [2.45, 2.75) is 52.1 Å². The maximum atomic E-state index is 13.1. The Labute approximate surface area is 206 Å². The van der Waals surface area contributed by atoms with E-state index in [0.717, 1.165) is 52.1 Å². The van der Waals surface area contributed by atoms with E-state index in [4.69, 9.17) is 10.2 Å². The topological polar surface area (TPSA) is 80.3 Å². The van der Waals surface area contributed by atoms with E-state index in [1.165, 1.54) is 16.7 Å².